The van der Waals surface area contributed by atoms with Crippen molar-refractivity contribution in [2.75, 3.05) is 33.3 Å². The Morgan fingerprint density at radius 2 is 1.78 bits per heavy atom. The number of likely N-dealkylation sites (N-methyl/N-ethyl adjacent to an activating group) is 1. The van der Waals surface area contributed by atoms with Gasteiger partial charge in [-0.15, -0.1) is 0 Å². The molecule has 1 saturated carbocycles. The molecule has 1 aliphatic carbocycles. The first-order valence-corrected chi connectivity index (χ1v) is 13.5. The minimum atomic E-state index is -0.294. The van der Waals surface area contributed by atoms with E-state index in [1.165, 1.54) is 47.5 Å². The Bertz CT molecular complexity index is 1060. The zero-order valence-electron chi connectivity index (χ0n) is 21.1. The number of halogens is 2. The molecule has 2 aromatic carbocycles. The van der Waals surface area contributed by atoms with Crippen LogP contribution in [0.25, 0.3) is 0 Å². The van der Waals surface area contributed by atoms with Gasteiger partial charge in [0.25, 0.3) is 0 Å². The number of nitrogens with zero attached hydrogens (tertiary/aromatic N) is 3. The third-order valence-corrected chi connectivity index (χ3v) is 7.85. The Hall–Kier alpha value is -2.28. The average Bonchev–Trinajstić information content (AvgIpc) is 3.11. The minimum Gasteiger partial charge on any atom is -0.490 e. The summed E-state index contributed by atoms with van der Waals surface area (Å²) in [7, 11) is 1.61. The van der Waals surface area contributed by atoms with E-state index in [0.717, 1.165) is 23.7 Å². The Kier molecular flexibility index (Phi) is 9.15. The number of hydrogen-bond donors (Lipinski definition) is 0. The molecule has 6 nitrogen and oxygen atoms in total. The second-order valence-corrected chi connectivity index (χ2v) is 10.8. The second-order valence-electron chi connectivity index (χ2n) is 9.96. The summed E-state index contributed by atoms with van der Waals surface area (Å²) in [5.41, 5.74) is 2.37. The van der Waals surface area contributed by atoms with E-state index < -0.39 is 0 Å². The summed E-state index contributed by atoms with van der Waals surface area (Å²) in [4.78, 5) is 29.1. The molecule has 2 aromatic rings. The second kappa shape index (κ2) is 12.3. The summed E-state index contributed by atoms with van der Waals surface area (Å²) < 4.78 is 5.82. The molecule has 4 rings (SSSR count). The maximum absolute atomic E-state index is 12.0. The maximum atomic E-state index is 12.0. The summed E-state index contributed by atoms with van der Waals surface area (Å²) in [5, 5.41) is 1.28. The van der Waals surface area contributed by atoms with Crippen LogP contribution in [0.15, 0.2) is 42.5 Å². The van der Waals surface area contributed by atoms with E-state index in [2.05, 4.69) is 24.0 Å². The van der Waals surface area contributed by atoms with E-state index in [0.29, 0.717) is 16.7 Å². The van der Waals surface area contributed by atoms with Gasteiger partial charge in [-0.3, -0.25) is 14.6 Å². The highest BCUT2D eigenvalue weighted by Crippen LogP contribution is 2.32. The molecule has 8 heteroatoms. The Balaban J connectivity index is 1.41. The number of imide groups is 1. The third-order valence-electron chi connectivity index (χ3n) is 7.30. The molecule has 0 bridgehead atoms. The molecule has 1 atom stereocenters. The van der Waals surface area contributed by atoms with Gasteiger partial charge < -0.3 is 9.64 Å². The van der Waals surface area contributed by atoms with Crippen molar-refractivity contribution in [2.45, 2.75) is 51.6 Å². The Morgan fingerprint density at radius 1 is 1.06 bits per heavy atom. The molecular formula is C28H35Cl2N3O3. The largest absolute Gasteiger partial charge is 0.490 e. The normalized spacial score (nSPS) is 17.8. The summed E-state index contributed by atoms with van der Waals surface area (Å²) in [5.74, 6) is 1.06. The van der Waals surface area contributed by atoms with Gasteiger partial charge in [0, 0.05) is 31.2 Å². The Morgan fingerprint density at radius 3 is 2.42 bits per heavy atom. The van der Waals surface area contributed by atoms with Crippen LogP contribution in [0.5, 0.6) is 5.75 Å². The van der Waals surface area contributed by atoms with Crippen molar-refractivity contribution < 1.29 is 14.3 Å². The molecule has 36 heavy (non-hydrogen) atoms. The first-order valence-electron chi connectivity index (χ1n) is 12.8. The number of rotatable bonds is 10. The average molecular weight is 533 g/mol. The van der Waals surface area contributed by atoms with Crippen molar-refractivity contribution in [3.05, 3.63) is 63.6 Å². The van der Waals surface area contributed by atoms with E-state index in [-0.39, 0.29) is 37.7 Å². The fraction of sp³-hybridized carbons (Fsp3) is 0.500. The molecule has 2 fully saturated rings. The van der Waals surface area contributed by atoms with Gasteiger partial charge in [0.1, 0.15) is 18.9 Å². The first-order chi connectivity index (χ1) is 17.3. The highest BCUT2D eigenvalue weighted by molar-refractivity contribution is 6.32. The fourth-order valence-corrected chi connectivity index (χ4v) is 5.53. The number of hydrogen-bond acceptors (Lipinski definition) is 4. The molecule has 1 heterocycles. The van der Waals surface area contributed by atoms with Gasteiger partial charge in [-0.25, -0.2) is 4.79 Å². The minimum absolute atomic E-state index is 0.111. The molecule has 1 aliphatic heterocycles. The monoisotopic (exact) mass is 531 g/mol. The summed E-state index contributed by atoms with van der Waals surface area (Å²) in [6.45, 7) is 4.60. The van der Waals surface area contributed by atoms with Crippen molar-refractivity contribution >= 4 is 35.1 Å². The lowest BCUT2D eigenvalue weighted by atomic mass is 9.88. The molecule has 194 valence electrons. The lowest BCUT2D eigenvalue weighted by Gasteiger charge is -2.34. The van der Waals surface area contributed by atoms with Gasteiger partial charge >= 0.3 is 6.03 Å². The quantitative estimate of drug-likeness (QED) is 0.332. The van der Waals surface area contributed by atoms with E-state index in [1.807, 2.05) is 30.3 Å². The van der Waals surface area contributed by atoms with Crippen molar-refractivity contribution in [1.29, 1.82) is 0 Å². The molecule has 1 saturated heterocycles. The van der Waals surface area contributed by atoms with E-state index in [1.54, 1.807) is 7.05 Å². The van der Waals surface area contributed by atoms with Crippen LogP contribution >= 0.6 is 23.2 Å². The van der Waals surface area contributed by atoms with Crippen molar-refractivity contribution in [2.24, 2.45) is 5.92 Å². The predicted octanol–water partition coefficient (Wildman–Crippen LogP) is 6.41. The number of urea groups is 1. The molecule has 0 radical (unpaired) electrons. The lowest BCUT2D eigenvalue weighted by molar-refractivity contribution is -0.125. The van der Waals surface area contributed by atoms with Gasteiger partial charge in [-0.1, -0.05) is 60.7 Å². The molecular weight excluding hydrogens is 497 g/mol. The van der Waals surface area contributed by atoms with Crippen LogP contribution in [-0.2, 0) is 11.3 Å². The number of amides is 3. The highest BCUT2D eigenvalue weighted by atomic mass is 35.5. The van der Waals surface area contributed by atoms with Gasteiger partial charge in [0.2, 0.25) is 5.91 Å². The molecule has 0 N–H and O–H groups in total. The smallest absolute Gasteiger partial charge is 0.327 e. The van der Waals surface area contributed by atoms with Crippen molar-refractivity contribution in [1.82, 2.24) is 14.7 Å². The van der Waals surface area contributed by atoms with Crippen LogP contribution in [-0.4, -0.2) is 59.9 Å². The first kappa shape index (κ1) is 26.8. The van der Waals surface area contributed by atoms with Gasteiger partial charge in [0.05, 0.1) is 11.6 Å². The SMILES string of the molecule is C[C@@H](c1ccc(Cl)cc1)N(Cc1ccc(OCCN2C(=O)CN(C)C2=O)c(Cl)c1)CC1CCCCC1. The van der Waals surface area contributed by atoms with Gasteiger partial charge in [0.15, 0.2) is 0 Å². The number of carbonyl (C=O) groups is 2. The molecule has 0 spiro atoms. The Labute approximate surface area is 224 Å². The molecule has 2 aliphatic rings. The fourth-order valence-electron chi connectivity index (χ4n) is 5.14. The standard InChI is InChI=1S/C28H35Cl2N3O3/c1-20(23-9-11-24(29)12-10-23)32(17-21-6-4-3-5-7-21)18-22-8-13-26(25(30)16-22)36-15-14-33-27(34)19-31(2)28(33)35/h8-13,16,20-21H,3-7,14-15,17-19H2,1-2H3/t20-/m0/s1. The summed E-state index contributed by atoms with van der Waals surface area (Å²) in [6.07, 6.45) is 6.55. The van der Waals surface area contributed by atoms with Crippen LogP contribution in [0.4, 0.5) is 4.79 Å². The van der Waals surface area contributed by atoms with Crippen molar-refractivity contribution in [3.8, 4) is 5.75 Å². The van der Waals surface area contributed by atoms with Crippen LogP contribution in [0, 0.1) is 5.92 Å². The topological polar surface area (TPSA) is 53.1 Å². The number of benzene rings is 2. The number of carbonyl (C=O) groups excluding carboxylic acids is 2. The van der Waals surface area contributed by atoms with Gasteiger partial charge in [-0.2, -0.15) is 0 Å². The van der Waals surface area contributed by atoms with Crippen LogP contribution in [0.1, 0.15) is 56.2 Å². The highest BCUT2D eigenvalue weighted by Gasteiger charge is 2.33. The zero-order valence-corrected chi connectivity index (χ0v) is 22.6. The lowest BCUT2D eigenvalue weighted by Crippen LogP contribution is -2.35. The van der Waals surface area contributed by atoms with E-state index >= 15 is 0 Å². The summed E-state index contributed by atoms with van der Waals surface area (Å²) >= 11 is 12.7. The zero-order chi connectivity index (χ0) is 25.7. The molecule has 0 aromatic heterocycles. The molecule has 0 unspecified atom stereocenters. The van der Waals surface area contributed by atoms with Crippen LogP contribution in [0.2, 0.25) is 10.0 Å². The number of ether oxygens (including phenoxy) is 1. The molecule has 3 amide bonds. The maximum Gasteiger partial charge on any atom is 0.327 e. The van der Waals surface area contributed by atoms with E-state index in [9.17, 15) is 9.59 Å². The third kappa shape index (κ3) is 6.72. The summed E-state index contributed by atoms with van der Waals surface area (Å²) in [6, 6.07) is 14.0. The van der Waals surface area contributed by atoms with Crippen LogP contribution in [0.3, 0.4) is 0 Å². The predicted molar refractivity (Wildman–Crippen MR) is 144 cm³/mol. The van der Waals surface area contributed by atoms with Crippen LogP contribution < -0.4 is 4.74 Å². The van der Waals surface area contributed by atoms with Crippen molar-refractivity contribution in [3.63, 3.8) is 0 Å². The van der Waals surface area contributed by atoms with E-state index in [4.69, 9.17) is 27.9 Å². The van der Waals surface area contributed by atoms with Gasteiger partial charge in [-0.05, 0) is 61.1 Å².